The minimum absolute atomic E-state index is 0.0440. The zero-order valence-electron chi connectivity index (χ0n) is 54.4. The van der Waals surface area contributed by atoms with Crippen molar-refractivity contribution in [3.63, 3.8) is 0 Å². The van der Waals surface area contributed by atoms with Gasteiger partial charge in [0.15, 0.2) is 30.1 Å². The van der Waals surface area contributed by atoms with Crippen LogP contribution in [-0.2, 0) is 57.9 Å². The van der Waals surface area contributed by atoms with E-state index in [1.54, 1.807) is 41.5 Å². The molecule has 4 amide bonds. The smallest absolute Gasteiger partial charge is 0.407 e. The summed E-state index contributed by atoms with van der Waals surface area (Å²) in [5.74, 6) is -14.4. The van der Waals surface area contributed by atoms with Crippen molar-refractivity contribution in [2.24, 2.45) is 59.0 Å². The first kappa shape index (κ1) is 71.9. The van der Waals surface area contributed by atoms with Gasteiger partial charge in [0, 0.05) is 55.9 Å². The van der Waals surface area contributed by atoms with Crippen molar-refractivity contribution in [1.82, 2.24) is 10.6 Å². The second kappa shape index (κ2) is 27.2. The third kappa shape index (κ3) is 13.5. The molecule has 0 aromatic heterocycles. The molecular formula is C64H98N4O22. The summed E-state index contributed by atoms with van der Waals surface area (Å²) < 4.78 is 44.3. The number of ketones is 2. The van der Waals surface area contributed by atoms with E-state index in [0.29, 0.717) is 19.3 Å². The van der Waals surface area contributed by atoms with Gasteiger partial charge >= 0.3 is 18.1 Å². The highest BCUT2D eigenvalue weighted by molar-refractivity contribution is 6.23. The maximum Gasteiger partial charge on any atom is 0.407 e. The Labute approximate surface area is 525 Å². The fraction of sp³-hybridized carbons (Fsp3) is 0.750. The number of phenolic OH excluding ortho intramolecular Hbond substituents is 1. The van der Waals surface area contributed by atoms with Crippen LogP contribution in [0, 0.1) is 53.3 Å². The molecule has 1 aromatic carbocycles. The first-order chi connectivity index (χ1) is 41.7. The van der Waals surface area contributed by atoms with E-state index in [1.807, 2.05) is 34.6 Å². The Morgan fingerprint density at radius 1 is 0.778 bits per heavy atom. The Kier molecular flexibility index (Phi) is 21.7. The standard InChI is InChI=1S/C64H98N4O22/c1-16-40-63(14,82)50(73)31(6)30(5)28(3)25-60(11,80)53(89-57-45(69)27(2)23-29(4)85-57)33(8)49(34(9)56(77)87-40)88-41-26-61(12,84-15)54(35(10)86-41)90-59(79)67-22-18-17-21-66-58(78)68-39-20-19-36-42(47(39)71)48(72)43-38(62(36,13)81)24-37-32(7)46(70)44(55(65)76)52(75)64(37,83)51(43)74/h19-20,27-35,37-38,40-41,45,49-50,53-54,57,69,71-73,75,80-83H,16-18,21-26H2,1-15H3,(H2,65,76)(H,67,79)(H2,66,68,78)/t27?,28-,29?,30+,31+,32+,33+,34-,35?,37+,38+,40-,41?,45?,49+,50-,53-,54?,57?,60-,61?,62-,63-,64+/m1/s1. The summed E-state index contributed by atoms with van der Waals surface area (Å²) in [4.78, 5) is 80.6. The molecule has 3 heterocycles. The molecule has 1 saturated carbocycles. The number of urea groups is 1. The third-order valence-electron chi connectivity index (χ3n) is 20.9. The first-order valence-corrected chi connectivity index (χ1v) is 31.5. The summed E-state index contributed by atoms with van der Waals surface area (Å²) in [6, 6.07) is 1.78. The number of alkyl carbamates (subject to hydrolysis) is 1. The van der Waals surface area contributed by atoms with E-state index in [-0.39, 0.29) is 73.9 Å². The van der Waals surface area contributed by atoms with Crippen LogP contribution >= 0.6 is 0 Å². The molecule has 0 spiro atoms. The van der Waals surface area contributed by atoms with Crippen LogP contribution in [0.5, 0.6) is 5.75 Å². The predicted octanol–water partition coefficient (Wildman–Crippen LogP) is 4.54. The molecular weight excluding hydrogens is 1180 g/mol. The molecule has 0 bridgehead atoms. The number of esters is 1. The molecule has 24 atom stereocenters. The van der Waals surface area contributed by atoms with E-state index in [2.05, 4.69) is 16.0 Å². The second-order valence-corrected chi connectivity index (χ2v) is 27.4. The van der Waals surface area contributed by atoms with Crippen LogP contribution in [0.4, 0.5) is 15.3 Å². The molecule has 4 fully saturated rings. The molecule has 3 aliphatic heterocycles. The number of unbranched alkanes of at least 4 members (excludes halogenated alkanes) is 1. The first-order valence-electron chi connectivity index (χ1n) is 31.5. The predicted molar refractivity (Wildman–Crippen MR) is 322 cm³/mol. The zero-order valence-corrected chi connectivity index (χ0v) is 54.4. The van der Waals surface area contributed by atoms with Gasteiger partial charge in [0.2, 0.25) is 5.78 Å². The van der Waals surface area contributed by atoms with Gasteiger partial charge in [-0.15, -0.1) is 0 Å². The van der Waals surface area contributed by atoms with E-state index in [1.165, 1.54) is 40.0 Å². The number of aromatic hydroxyl groups is 1. The van der Waals surface area contributed by atoms with E-state index >= 15 is 0 Å². The monoisotopic (exact) mass is 1270 g/mol. The topological polar surface area (TPSA) is 411 Å². The molecule has 14 N–H and O–H groups in total. The number of Topliss-reactive ketones (excluding diaryl/α,β-unsaturated/α-hetero) is 2. The molecule has 8 unspecified atom stereocenters. The van der Waals surface area contributed by atoms with E-state index in [9.17, 15) is 74.7 Å². The number of carbonyl (C=O) groups excluding carboxylic acids is 6. The maximum atomic E-state index is 14.5. The summed E-state index contributed by atoms with van der Waals surface area (Å²) >= 11 is 0. The highest BCUT2D eigenvalue weighted by Crippen LogP contribution is 2.58. The molecule has 3 aliphatic carbocycles. The molecule has 6 aliphatic rings. The SMILES string of the molecule is CC[C@H]1OC(=O)[C@H](C)[C@@H](OC2CC(C)(OC)C(OC(=O)NCCCCNC(=O)Nc3ccc4c(c3O)C(O)=C3C(=O)[C@]5(O)C(O)=C(C(N)=O)C(=O)[C@@H](C)[C@@H]5C[C@@H]3[C@]4(C)O)C(C)O2)[C@H](C)[C@@H](OC2OC(C)CC(C)C2O)[C@](C)(O)C[C@@H](C)[C@H](C)[C@H](C)[C@@H](O)[C@]1(C)O. The number of carbonyl (C=O) groups is 6. The lowest BCUT2D eigenvalue weighted by molar-refractivity contribution is -0.318. The summed E-state index contributed by atoms with van der Waals surface area (Å²) in [7, 11) is 1.44. The lowest BCUT2D eigenvalue weighted by Gasteiger charge is -2.51. The van der Waals surface area contributed by atoms with Gasteiger partial charge in [0.1, 0.15) is 46.3 Å². The molecule has 26 nitrogen and oxygen atoms in total. The number of ether oxygens (including phenoxy) is 7. The number of amides is 4. The van der Waals surface area contributed by atoms with Gasteiger partial charge in [0.05, 0.1) is 58.9 Å². The number of phenols is 1. The molecule has 0 radical (unpaired) electrons. The molecule has 3 saturated heterocycles. The quantitative estimate of drug-likeness (QED) is 0.0526. The van der Waals surface area contributed by atoms with Crippen LogP contribution in [0.1, 0.15) is 153 Å². The summed E-state index contributed by atoms with van der Waals surface area (Å²) in [5.41, 5.74) is -6.70. The van der Waals surface area contributed by atoms with Crippen LogP contribution in [0.15, 0.2) is 29.0 Å². The Bertz CT molecular complexity index is 2930. The van der Waals surface area contributed by atoms with E-state index in [0.717, 1.165) is 0 Å². The average molecular weight is 1280 g/mol. The molecule has 506 valence electrons. The van der Waals surface area contributed by atoms with Gasteiger partial charge in [-0.25, -0.2) is 9.59 Å². The van der Waals surface area contributed by atoms with Crippen molar-refractivity contribution >= 4 is 47.0 Å². The maximum absolute atomic E-state index is 14.5. The molecule has 1 aromatic rings. The number of fused-ring (bicyclic) bond motifs is 3. The average Bonchev–Trinajstić information content (AvgIpc) is 0.692. The zero-order chi connectivity index (χ0) is 67.4. The fourth-order valence-corrected chi connectivity index (χ4v) is 15.0. The Hall–Kier alpha value is -5.52. The van der Waals surface area contributed by atoms with Crippen molar-refractivity contribution in [1.29, 1.82) is 0 Å². The number of cyclic esters (lactones) is 1. The number of nitrogens with two attached hydrogens (primary N) is 1. The van der Waals surface area contributed by atoms with E-state index in [4.69, 9.17) is 38.9 Å². The number of benzene rings is 1. The highest BCUT2D eigenvalue weighted by atomic mass is 16.7. The van der Waals surface area contributed by atoms with Gasteiger partial charge in [-0.2, -0.15) is 0 Å². The normalized spacial score (nSPS) is 42.0. The summed E-state index contributed by atoms with van der Waals surface area (Å²) in [6.07, 6.45) is -10.0. The van der Waals surface area contributed by atoms with Crippen LogP contribution < -0.4 is 21.7 Å². The number of hydrogen-bond acceptors (Lipinski definition) is 22. The Balaban J connectivity index is 0.992. The van der Waals surface area contributed by atoms with Gasteiger partial charge in [0.25, 0.3) is 5.91 Å². The number of primary amides is 1. The van der Waals surface area contributed by atoms with Crippen molar-refractivity contribution in [2.75, 3.05) is 25.5 Å². The number of aliphatic hydroxyl groups is 8. The lowest BCUT2D eigenvalue weighted by Crippen LogP contribution is -2.62. The number of aliphatic hydroxyl groups excluding tert-OH is 4. The number of nitrogens with one attached hydrogen (secondary N) is 3. The van der Waals surface area contributed by atoms with Gasteiger partial charge in [-0.3, -0.25) is 19.2 Å². The molecule has 7 rings (SSSR count). The van der Waals surface area contributed by atoms with Crippen LogP contribution in [0.3, 0.4) is 0 Å². The Morgan fingerprint density at radius 2 is 1.41 bits per heavy atom. The number of hydrogen-bond donors (Lipinski definition) is 13. The summed E-state index contributed by atoms with van der Waals surface area (Å²) in [5, 5.41) is 114. The second-order valence-electron chi connectivity index (χ2n) is 27.4. The number of rotatable bonds is 14. The number of anilines is 1. The van der Waals surface area contributed by atoms with Crippen LogP contribution in [-0.4, -0.2) is 186 Å². The third-order valence-corrected chi connectivity index (χ3v) is 20.9. The van der Waals surface area contributed by atoms with Crippen LogP contribution in [0.2, 0.25) is 0 Å². The van der Waals surface area contributed by atoms with Crippen molar-refractivity contribution in [3.05, 3.63) is 40.2 Å². The van der Waals surface area contributed by atoms with Gasteiger partial charge < -0.3 is 101 Å². The van der Waals surface area contributed by atoms with Crippen molar-refractivity contribution < 1.29 is 108 Å². The van der Waals surface area contributed by atoms with Crippen molar-refractivity contribution in [3.8, 4) is 5.75 Å². The minimum Gasteiger partial charge on any atom is -0.508 e. The highest BCUT2D eigenvalue weighted by Gasteiger charge is 2.66. The molecule has 26 heteroatoms. The van der Waals surface area contributed by atoms with Crippen LogP contribution in [0.25, 0.3) is 5.76 Å². The minimum atomic E-state index is -2.89. The van der Waals surface area contributed by atoms with Gasteiger partial charge in [-0.05, 0) is 122 Å². The van der Waals surface area contributed by atoms with Gasteiger partial charge in [-0.1, -0.05) is 54.5 Å². The summed E-state index contributed by atoms with van der Waals surface area (Å²) in [6.45, 7) is 23.8. The van der Waals surface area contributed by atoms with Crippen molar-refractivity contribution in [2.45, 2.75) is 231 Å². The molecule has 90 heavy (non-hydrogen) atoms. The lowest BCUT2D eigenvalue weighted by atomic mass is 9.53. The largest absolute Gasteiger partial charge is 0.508 e. The Morgan fingerprint density at radius 3 is 2.02 bits per heavy atom. The fourth-order valence-electron chi connectivity index (χ4n) is 15.0. The number of methoxy groups -OCH3 is 1. The van der Waals surface area contributed by atoms with E-state index < -0.39 is 188 Å².